The molecule has 1 aromatic carbocycles. The number of hydrogen-bond donors (Lipinski definition) is 2. The molecule has 4 rings (SSSR count). The molecule has 2 saturated heterocycles. The average molecular weight is 472 g/mol. The Morgan fingerprint density at radius 3 is 2.71 bits per heavy atom. The van der Waals surface area contributed by atoms with E-state index in [1.165, 1.54) is 0 Å². The predicted octanol–water partition coefficient (Wildman–Crippen LogP) is -0.161. The van der Waals surface area contributed by atoms with Gasteiger partial charge in [-0.25, -0.2) is 0 Å². The number of nitrogens with one attached hydrogen (secondary N) is 2. The summed E-state index contributed by atoms with van der Waals surface area (Å²) in [6.45, 7) is 3.61. The van der Waals surface area contributed by atoms with Crippen molar-refractivity contribution in [2.75, 3.05) is 52.9 Å². The van der Waals surface area contributed by atoms with Gasteiger partial charge in [-0.1, -0.05) is 12.1 Å². The Morgan fingerprint density at radius 1 is 1.03 bits per heavy atom. The summed E-state index contributed by atoms with van der Waals surface area (Å²) in [5, 5.41) is 5.63. The Balaban J connectivity index is 1.62. The molecule has 2 N–H and O–H groups in total. The molecule has 10 heteroatoms. The summed E-state index contributed by atoms with van der Waals surface area (Å²) in [5.41, 5.74) is 0.283. The second kappa shape index (κ2) is 10.9. The number of ether oxygens (including phenoxy) is 1. The van der Waals surface area contributed by atoms with Crippen LogP contribution in [-0.2, 0) is 14.4 Å². The Labute approximate surface area is 199 Å². The van der Waals surface area contributed by atoms with E-state index in [1.807, 2.05) is 7.05 Å². The summed E-state index contributed by atoms with van der Waals surface area (Å²) >= 11 is 0. The number of rotatable bonds is 1. The molecule has 3 aliphatic rings. The van der Waals surface area contributed by atoms with Crippen LogP contribution in [0.25, 0.3) is 0 Å². The van der Waals surface area contributed by atoms with E-state index in [4.69, 9.17) is 4.74 Å². The predicted molar refractivity (Wildman–Crippen MR) is 124 cm³/mol. The molecule has 3 heterocycles. The summed E-state index contributed by atoms with van der Waals surface area (Å²) < 4.78 is 5.77. The third-order valence-corrected chi connectivity index (χ3v) is 6.68. The third kappa shape index (κ3) is 5.49. The van der Waals surface area contributed by atoms with E-state index >= 15 is 0 Å². The van der Waals surface area contributed by atoms with Crippen molar-refractivity contribution in [2.24, 2.45) is 0 Å². The van der Waals surface area contributed by atoms with E-state index in [-0.39, 0.29) is 42.9 Å². The highest BCUT2D eigenvalue weighted by Gasteiger charge is 2.37. The lowest BCUT2D eigenvalue weighted by Crippen LogP contribution is -2.53. The molecule has 0 aromatic heterocycles. The fourth-order valence-electron chi connectivity index (χ4n) is 4.79. The van der Waals surface area contributed by atoms with Gasteiger partial charge in [0.2, 0.25) is 17.7 Å². The lowest BCUT2D eigenvalue weighted by molar-refractivity contribution is -0.141. The second-order valence-electron chi connectivity index (χ2n) is 9.09. The van der Waals surface area contributed by atoms with Crippen molar-refractivity contribution in [3.05, 3.63) is 29.8 Å². The molecule has 0 bridgehead atoms. The quantitative estimate of drug-likeness (QED) is 0.589. The number of benzene rings is 1. The van der Waals surface area contributed by atoms with Crippen molar-refractivity contribution in [1.82, 2.24) is 25.3 Å². The molecule has 4 amide bonds. The van der Waals surface area contributed by atoms with E-state index in [2.05, 4.69) is 15.5 Å². The first-order chi connectivity index (χ1) is 16.4. The molecule has 2 fully saturated rings. The zero-order valence-corrected chi connectivity index (χ0v) is 19.6. The van der Waals surface area contributed by atoms with Crippen LogP contribution in [-0.4, -0.2) is 103 Å². The van der Waals surface area contributed by atoms with Crippen LogP contribution in [0.1, 0.15) is 36.0 Å². The number of nitrogens with zero attached hydrogens (tertiary/aromatic N) is 3. The average Bonchev–Trinajstić information content (AvgIpc) is 3.23. The molecule has 0 unspecified atom stereocenters. The van der Waals surface area contributed by atoms with E-state index in [0.29, 0.717) is 31.8 Å². The molecule has 3 aliphatic heterocycles. The van der Waals surface area contributed by atoms with Gasteiger partial charge in [-0.05, 0) is 45.0 Å². The van der Waals surface area contributed by atoms with Gasteiger partial charge < -0.3 is 30.1 Å². The third-order valence-electron chi connectivity index (χ3n) is 6.68. The normalized spacial score (nSPS) is 25.3. The van der Waals surface area contributed by atoms with Gasteiger partial charge in [-0.2, -0.15) is 0 Å². The molecule has 10 nitrogen and oxygen atoms in total. The van der Waals surface area contributed by atoms with E-state index in [9.17, 15) is 19.2 Å². The van der Waals surface area contributed by atoms with Crippen molar-refractivity contribution < 1.29 is 23.9 Å². The maximum Gasteiger partial charge on any atom is 0.255 e. The van der Waals surface area contributed by atoms with Crippen molar-refractivity contribution in [3.8, 4) is 5.75 Å². The summed E-state index contributed by atoms with van der Waals surface area (Å²) in [5.74, 6) is -0.898. The lowest BCUT2D eigenvalue weighted by Gasteiger charge is -2.30. The zero-order valence-electron chi connectivity index (χ0n) is 19.6. The van der Waals surface area contributed by atoms with Gasteiger partial charge in [0.1, 0.15) is 24.4 Å². The molecule has 2 atom stereocenters. The first kappa shape index (κ1) is 24.0. The molecule has 0 aliphatic carbocycles. The first-order valence-corrected chi connectivity index (χ1v) is 12.0. The molecule has 184 valence electrons. The number of para-hydroxylation sites is 1. The summed E-state index contributed by atoms with van der Waals surface area (Å²) in [6, 6.07) is 5.17. The molecule has 1 aromatic rings. The highest BCUT2D eigenvalue weighted by molar-refractivity contribution is 6.01. The minimum atomic E-state index is -1.02. The van der Waals surface area contributed by atoms with Crippen molar-refractivity contribution in [2.45, 2.75) is 37.8 Å². The molecular weight excluding hydrogens is 438 g/mol. The van der Waals surface area contributed by atoms with Crippen molar-refractivity contribution in [1.29, 1.82) is 0 Å². The molecule has 34 heavy (non-hydrogen) atoms. The summed E-state index contributed by atoms with van der Waals surface area (Å²) in [4.78, 5) is 58.2. The Morgan fingerprint density at radius 2 is 1.85 bits per heavy atom. The van der Waals surface area contributed by atoms with Gasteiger partial charge >= 0.3 is 0 Å². The van der Waals surface area contributed by atoms with Crippen LogP contribution in [0, 0.1) is 0 Å². The van der Waals surface area contributed by atoms with Crippen LogP contribution in [0.4, 0.5) is 0 Å². The van der Waals surface area contributed by atoms with Gasteiger partial charge in [0.05, 0.1) is 18.5 Å². The SMILES string of the molecule is CN1CCCN(C(=O)[C@@H]2CC(=O)N3CCC[C@H]3C(=O)NCCOc3ccccc3C(=O)N2)CC1. The minimum absolute atomic E-state index is 0.181. The fraction of sp³-hybridized carbons (Fsp3) is 0.583. The largest absolute Gasteiger partial charge is 0.491 e. The fourth-order valence-corrected chi connectivity index (χ4v) is 4.79. The number of carbonyl (C=O) groups excluding carboxylic acids is 4. The van der Waals surface area contributed by atoms with Gasteiger partial charge in [0.15, 0.2) is 0 Å². The standard InChI is InChI=1S/C24H33N5O5/c1-27-10-5-11-28(14-13-27)24(33)18-16-21(30)29-12-4-7-19(29)23(32)25-9-15-34-20-8-3-2-6-17(20)22(31)26-18/h2-3,6,8,18-19H,4-5,7,9-16H2,1H3,(H,25,32)(H,26,31)/t18-,19-/m0/s1. The van der Waals surface area contributed by atoms with Crippen LogP contribution in [0.2, 0.25) is 0 Å². The van der Waals surface area contributed by atoms with Gasteiger partial charge in [0, 0.05) is 26.2 Å². The highest BCUT2D eigenvalue weighted by Crippen LogP contribution is 2.22. The topological polar surface area (TPSA) is 111 Å². The maximum atomic E-state index is 13.5. The van der Waals surface area contributed by atoms with Crippen LogP contribution >= 0.6 is 0 Å². The first-order valence-electron chi connectivity index (χ1n) is 12.0. The number of carbonyl (C=O) groups is 4. The zero-order chi connectivity index (χ0) is 24.1. The number of likely N-dealkylation sites (N-methyl/N-ethyl adjacent to an activating group) is 1. The Kier molecular flexibility index (Phi) is 7.66. The summed E-state index contributed by atoms with van der Waals surface area (Å²) in [6.07, 6.45) is 1.92. The second-order valence-corrected chi connectivity index (χ2v) is 9.09. The molecule has 0 saturated carbocycles. The molecular formula is C24H33N5O5. The van der Waals surface area contributed by atoms with E-state index in [0.717, 1.165) is 25.9 Å². The minimum Gasteiger partial charge on any atom is -0.491 e. The van der Waals surface area contributed by atoms with Crippen molar-refractivity contribution >= 4 is 23.6 Å². The monoisotopic (exact) mass is 471 g/mol. The van der Waals surface area contributed by atoms with E-state index < -0.39 is 18.0 Å². The molecule has 0 radical (unpaired) electrons. The number of amides is 4. The number of fused-ring (bicyclic) bond motifs is 2. The smallest absolute Gasteiger partial charge is 0.255 e. The Hall–Kier alpha value is -3.14. The highest BCUT2D eigenvalue weighted by atomic mass is 16.5. The van der Waals surface area contributed by atoms with Crippen LogP contribution in [0.3, 0.4) is 0 Å². The Bertz CT molecular complexity index is 938. The van der Waals surface area contributed by atoms with Crippen LogP contribution in [0.15, 0.2) is 24.3 Å². The number of hydrogen-bond acceptors (Lipinski definition) is 6. The van der Waals surface area contributed by atoms with E-state index in [1.54, 1.807) is 34.1 Å². The van der Waals surface area contributed by atoms with Crippen molar-refractivity contribution in [3.63, 3.8) is 0 Å². The maximum absolute atomic E-state index is 13.5. The molecule has 0 spiro atoms. The van der Waals surface area contributed by atoms with Crippen LogP contribution < -0.4 is 15.4 Å². The van der Waals surface area contributed by atoms with Gasteiger partial charge in [-0.15, -0.1) is 0 Å². The van der Waals surface area contributed by atoms with Gasteiger partial charge in [0.25, 0.3) is 5.91 Å². The van der Waals surface area contributed by atoms with Gasteiger partial charge in [-0.3, -0.25) is 19.2 Å². The summed E-state index contributed by atoms with van der Waals surface area (Å²) in [7, 11) is 2.01. The van der Waals surface area contributed by atoms with Crippen LogP contribution in [0.5, 0.6) is 5.75 Å². The lowest BCUT2D eigenvalue weighted by atomic mass is 10.1.